The van der Waals surface area contributed by atoms with Crippen molar-refractivity contribution in [1.82, 2.24) is 10.6 Å². The maximum absolute atomic E-state index is 10.6. The van der Waals surface area contributed by atoms with Crippen LogP contribution in [0.25, 0.3) is 0 Å². The molecule has 18 heavy (non-hydrogen) atoms. The van der Waals surface area contributed by atoms with E-state index in [-0.39, 0.29) is 0 Å². The summed E-state index contributed by atoms with van der Waals surface area (Å²) >= 11 is 0. The first kappa shape index (κ1) is 15.2. The largest absolute Gasteiger partial charge is 0.490 e. The van der Waals surface area contributed by atoms with Crippen LogP contribution in [0.1, 0.15) is 25.7 Å². The number of carboxylic acid groups (broad SMARTS) is 1. The molecule has 2 fully saturated rings. The molecule has 2 saturated heterocycles. The highest BCUT2D eigenvalue weighted by Crippen LogP contribution is 2.37. The molecule has 4 nitrogen and oxygen atoms in total. The molecule has 2 aliphatic heterocycles. The van der Waals surface area contributed by atoms with Crippen molar-refractivity contribution >= 4 is 5.97 Å². The normalized spacial score (nSPS) is 23.1. The fourth-order valence-electron chi connectivity index (χ4n) is 2.41. The van der Waals surface area contributed by atoms with E-state index in [0.29, 0.717) is 0 Å². The van der Waals surface area contributed by atoms with Gasteiger partial charge in [0.15, 0.2) is 0 Å². The van der Waals surface area contributed by atoms with Crippen LogP contribution in [0.15, 0.2) is 0 Å². The van der Waals surface area contributed by atoms with Crippen LogP contribution in [0.3, 0.4) is 0 Å². The first-order valence-corrected chi connectivity index (χ1v) is 6.07. The zero-order chi connectivity index (χ0) is 13.6. The molecule has 0 saturated carbocycles. The number of carbonyl (C=O) groups is 1. The van der Waals surface area contributed by atoms with E-state index in [1.54, 1.807) is 0 Å². The van der Waals surface area contributed by atoms with Crippen LogP contribution in [-0.2, 0) is 4.79 Å². The lowest BCUT2D eigenvalue weighted by molar-refractivity contribution is -0.192. The van der Waals surface area contributed by atoms with E-state index in [2.05, 4.69) is 10.6 Å². The van der Waals surface area contributed by atoms with Crippen LogP contribution in [0.4, 0.5) is 13.2 Å². The van der Waals surface area contributed by atoms with Gasteiger partial charge in [-0.25, -0.2) is 4.79 Å². The monoisotopic (exact) mass is 268 g/mol. The predicted molar refractivity (Wildman–Crippen MR) is 60.3 cm³/mol. The molecule has 7 heteroatoms. The summed E-state index contributed by atoms with van der Waals surface area (Å²) in [5.41, 5.74) is 0.733. The van der Waals surface area contributed by atoms with Gasteiger partial charge in [-0.1, -0.05) is 0 Å². The summed E-state index contributed by atoms with van der Waals surface area (Å²) in [4.78, 5) is 8.90. The Bertz CT molecular complexity index is 250. The molecule has 0 amide bonds. The lowest BCUT2D eigenvalue weighted by atomic mass is 9.72. The number of nitrogens with one attached hydrogen (secondary N) is 2. The van der Waals surface area contributed by atoms with Gasteiger partial charge in [-0.15, -0.1) is 0 Å². The SMILES string of the molecule is C1CC2(CCN1)CCNCC2.O=C(O)C(F)(F)F. The van der Waals surface area contributed by atoms with Crippen molar-refractivity contribution in [2.45, 2.75) is 31.9 Å². The molecule has 2 aliphatic rings. The first-order chi connectivity index (χ1) is 8.36. The molecule has 0 bridgehead atoms. The molecule has 0 unspecified atom stereocenters. The Kier molecular flexibility index (Phi) is 5.40. The van der Waals surface area contributed by atoms with Crippen LogP contribution < -0.4 is 10.6 Å². The molecule has 0 radical (unpaired) electrons. The summed E-state index contributed by atoms with van der Waals surface area (Å²) in [5, 5.41) is 14.0. The molecular weight excluding hydrogens is 249 g/mol. The number of piperidine rings is 2. The maximum Gasteiger partial charge on any atom is 0.490 e. The van der Waals surface area contributed by atoms with Crippen LogP contribution in [0, 0.1) is 5.41 Å². The van der Waals surface area contributed by atoms with Crippen LogP contribution >= 0.6 is 0 Å². The number of halogens is 3. The minimum Gasteiger partial charge on any atom is -0.475 e. The van der Waals surface area contributed by atoms with Gasteiger partial charge in [-0.2, -0.15) is 13.2 Å². The lowest BCUT2D eigenvalue weighted by Crippen LogP contribution is -2.43. The number of alkyl halides is 3. The highest BCUT2D eigenvalue weighted by Gasteiger charge is 2.38. The second kappa shape index (κ2) is 6.38. The quantitative estimate of drug-likeness (QED) is 0.621. The Labute approximate surface area is 104 Å². The van der Waals surface area contributed by atoms with Crippen molar-refractivity contribution in [1.29, 1.82) is 0 Å². The average Bonchev–Trinajstić information content (AvgIpc) is 2.30. The third-order valence-corrected chi connectivity index (χ3v) is 3.57. The zero-order valence-corrected chi connectivity index (χ0v) is 10.1. The van der Waals surface area contributed by atoms with E-state index in [1.165, 1.54) is 51.9 Å². The van der Waals surface area contributed by atoms with Crippen molar-refractivity contribution < 1.29 is 23.1 Å². The van der Waals surface area contributed by atoms with E-state index in [0.717, 1.165) is 5.41 Å². The Morgan fingerprint density at radius 1 is 0.944 bits per heavy atom. The highest BCUT2D eigenvalue weighted by molar-refractivity contribution is 5.73. The summed E-state index contributed by atoms with van der Waals surface area (Å²) in [7, 11) is 0. The predicted octanol–water partition coefficient (Wildman–Crippen LogP) is 1.37. The summed E-state index contributed by atoms with van der Waals surface area (Å²) in [6, 6.07) is 0. The van der Waals surface area contributed by atoms with Crippen LogP contribution in [0.5, 0.6) is 0 Å². The highest BCUT2D eigenvalue weighted by atomic mass is 19.4. The topological polar surface area (TPSA) is 61.4 Å². The van der Waals surface area contributed by atoms with Gasteiger partial charge in [0.05, 0.1) is 0 Å². The average molecular weight is 268 g/mol. The van der Waals surface area contributed by atoms with Gasteiger partial charge >= 0.3 is 12.1 Å². The standard InChI is InChI=1S/C9H18N2.C2HF3O2/c1-5-10-6-2-9(1)3-7-11-8-4-9;3-2(4,5)1(6)7/h10-11H,1-8H2;(H,6,7). The molecule has 106 valence electrons. The summed E-state index contributed by atoms with van der Waals surface area (Å²) in [6.07, 6.45) is 0.562. The van der Waals surface area contributed by atoms with E-state index >= 15 is 0 Å². The van der Waals surface area contributed by atoms with Crippen molar-refractivity contribution in [2.24, 2.45) is 5.41 Å². The smallest absolute Gasteiger partial charge is 0.475 e. The molecule has 0 aromatic heterocycles. The summed E-state index contributed by atoms with van der Waals surface area (Å²) in [6.45, 7) is 5.00. The number of aliphatic carboxylic acids is 1. The number of rotatable bonds is 0. The number of hydrogen-bond acceptors (Lipinski definition) is 3. The van der Waals surface area contributed by atoms with Gasteiger partial charge in [-0.05, 0) is 57.3 Å². The first-order valence-electron chi connectivity index (χ1n) is 6.07. The third kappa shape index (κ3) is 4.81. The fourth-order valence-corrected chi connectivity index (χ4v) is 2.41. The van der Waals surface area contributed by atoms with Gasteiger partial charge < -0.3 is 15.7 Å². The molecule has 1 spiro atoms. The summed E-state index contributed by atoms with van der Waals surface area (Å²) in [5.74, 6) is -2.76. The molecule has 3 N–H and O–H groups in total. The van der Waals surface area contributed by atoms with Crippen LogP contribution in [-0.4, -0.2) is 43.4 Å². The molecular formula is C11H19F3N2O2. The van der Waals surface area contributed by atoms with E-state index in [9.17, 15) is 13.2 Å². The Balaban J connectivity index is 0.000000203. The van der Waals surface area contributed by atoms with Gasteiger partial charge in [0.1, 0.15) is 0 Å². The fraction of sp³-hybridized carbons (Fsp3) is 0.909. The molecule has 0 aromatic rings. The second-order valence-corrected chi connectivity index (χ2v) is 4.80. The zero-order valence-electron chi connectivity index (χ0n) is 10.1. The third-order valence-electron chi connectivity index (χ3n) is 3.57. The molecule has 0 aromatic carbocycles. The maximum atomic E-state index is 10.6. The number of carboxylic acids is 1. The van der Waals surface area contributed by atoms with E-state index in [4.69, 9.17) is 9.90 Å². The van der Waals surface area contributed by atoms with Crippen molar-refractivity contribution in [2.75, 3.05) is 26.2 Å². The molecule has 2 heterocycles. The van der Waals surface area contributed by atoms with Gasteiger partial charge in [-0.3, -0.25) is 0 Å². The van der Waals surface area contributed by atoms with Crippen LogP contribution in [0.2, 0.25) is 0 Å². The van der Waals surface area contributed by atoms with Crippen molar-refractivity contribution in [3.05, 3.63) is 0 Å². The lowest BCUT2D eigenvalue weighted by Gasteiger charge is -2.41. The molecule has 0 aliphatic carbocycles. The molecule has 2 rings (SSSR count). The summed E-state index contributed by atoms with van der Waals surface area (Å²) < 4.78 is 31.7. The number of hydrogen-bond donors (Lipinski definition) is 3. The van der Waals surface area contributed by atoms with E-state index < -0.39 is 12.1 Å². The Hall–Kier alpha value is -0.820. The minimum absolute atomic E-state index is 0.733. The van der Waals surface area contributed by atoms with Gasteiger partial charge in [0.2, 0.25) is 0 Å². The van der Waals surface area contributed by atoms with Gasteiger partial charge in [0, 0.05) is 0 Å². The molecule has 0 atom stereocenters. The second-order valence-electron chi connectivity index (χ2n) is 4.80. The van der Waals surface area contributed by atoms with Gasteiger partial charge in [0.25, 0.3) is 0 Å². The Morgan fingerprint density at radius 3 is 1.44 bits per heavy atom. The van der Waals surface area contributed by atoms with E-state index in [1.807, 2.05) is 0 Å². The van der Waals surface area contributed by atoms with Crippen molar-refractivity contribution in [3.8, 4) is 0 Å². The minimum atomic E-state index is -5.08. The van der Waals surface area contributed by atoms with Crippen molar-refractivity contribution in [3.63, 3.8) is 0 Å². The Morgan fingerprint density at radius 2 is 1.22 bits per heavy atom.